The fraction of sp³-hybridized carbons (Fsp3) is 0.526. The number of hydrogen-bond acceptors (Lipinski definition) is 10. The van der Waals surface area contributed by atoms with Crippen molar-refractivity contribution in [3.05, 3.63) is 71.8 Å². The first-order valence-electron chi connectivity index (χ1n) is 17.5. The van der Waals surface area contributed by atoms with Gasteiger partial charge in [-0.15, -0.1) is 13.2 Å². The highest BCUT2D eigenvalue weighted by molar-refractivity contribution is 5.97. The van der Waals surface area contributed by atoms with Crippen LogP contribution in [-0.4, -0.2) is 103 Å². The van der Waals surface area contributed by atoms with Crippen molar-refractivity contribution >= 4 is 11.4 Å². The maximum Gasteiger partial charge on any atom is 0.166 e. The van der Waals surface area contributed by atoms with E-state index in [2.05, 4.69) is 23.0 Å². The molecule has 4 N–H and O–H groups in total. The molecule has 0 amide bonds. The minimum atomic E-state index is -1.06. The molecule has 2 spiro atoms. The number of likely N-dealkylation sites (tertiary alicyclic amines) is 2. The van der Waals surface area contributed by atoms with Crippen molar-refractivity contribution in [2.75, 3.05) is 26.2 Å². The number of hydrogen-bond donors (Lipinski definition) is 4. The van der Waals surface area contributed by atoms with E-state index in [9.17, 15) is 20.4 Å². The number of aromatic hydroxyl groups is 2. The Morgan fingerprint density at radius 3 is 1.56 bits per heavy atom. The molecule has 10 rings (SSSR count). The monoisotopic (exact) mass is 650 g/mol. The first kappa shape index (κ1) is 29.2. The number of rotatable bonds is 5. The SMILES string of the molecule is C=CCN1CC[C@]23c4c5ccc(O)c4OC2/C(=N/N=C2\CC[C@@]4(O)[C@H]6Cc7ccc(O)c8c7[C@@]4(CCN6CC=C)C2O8)CC[C@@]3(O)[C@H]1C5. The van der Waals surface area contributed by atoms with E-state index in [1.54, 1.807) is 12.1 Å². The summed E-state index contributed by atoms with van der Waals surface area (Å²) in [5.41, 5.74) is 1.99. The Morgan fingerprint density at radius 1 is 0.708 bits per heavy atom. The first-order chi connectivity index (χ1) is 23.2. The third kappa shape index (κ3) is 3.15. The highest BCUT2D eigenvalue weighted by atomic mass is 16.5. The van der Waals surface area contributed by atoms with Crippen molar-refractivity contribution in [3.63, 3.8) is 0 Å². The van der Waals surface area contributed by atoms with Crippen LogP contribution in [0.4, 0.5) is 0 Å². The number of phenolic OH excluding ortho intramolecular Hbond substituents is 2. The summed E-state index contributed by atoms with van der Waals surface area (Å²) < 4.78 is 13.3. The summed E-state index contributed by atoms with van der Waals surface area (Å²) in [6, 6.07) is 7.18. The topological polar surface area (TPSA) is 131 Å². The van der Waals surface area contributed by atoms with Crippen LogP contribution in [-0.2, 0) is 23.7 Å². The molecule has 4 heterocycles. The zero-order valence-electron chi connectivity index (χ0n) is 27.1. The van der Waals surface area contributed by atoms with E-state index in [0.29, 0.717) is 76.0 Å². The van der Waals surface area contributed by atoms with Crippen LogP contribution in [0.3, 0.4) is 0 Å². The van der Waals surface area contributed by atoms with Gasteiger partial charge in [0.15, 0.2) is 35.2 Å². The maximum atomic E-state index is 12.7. The van der Waals surface area contributed by atoms with Crippen molar-refractivity contribution in [2.45, 2.75) is 97.7 Å². The minimum Gasteiger partial charge on any atom is -0.504 e. The molecule has 10 heteroatoms. The lowest BCUT2D eigenvalue weighted by molar-refractivity contribution is -0.164. The molecule has 8 aliphatic rings. The van der Waals surface area contributed by atoms with Crippen LogP contribution >= 0.6 is 0 Å². The highest BCUT2D eigenvalue weighted by Crippen LogP contribution is 2.66. The number of piperidine rings is 2. The van der Waals surface area contributed by atoms with Crippen molar-refractivity contribution in [1.82, 2.24) is 9.80 Å². The molecule has 8 atom stereocenters. The van der Waals surface area contributed by atoms with Gasteiger partial charge in [0.05, 0.1) is 33.5 Å². The maximum absolute atomic E-state index is 12.7. The van der Waals surface area contributed by atoms with Crippen LogP contribution in [0.15, 0.2) is 59.8 Å². The Balaban J connectivity index is 1.08. The summed E-state index contributed by atoms with van der Waals surface area (Å²) in [6.45, 7) is 10.9. The highest BCUT2D eigenvalue weighted by Gasteiger charge is 2.74. The fourth-order valence-electron chi connectivity index (χ4n) is 12.0. The second-order valence-electron chi connectivity index (χ2n) is 15.4. The number of nitrogens with zero attached hydrogens (tertiary/aromatic N) is 4. The third-order valence-corrected chi connectivity index (χ3v) is 13.8. The zero-order chi connectivity index (χ0) is 32.8. The zero-order valence-corrected chi connectivity index (χ0v) is 27.1. The average molecular weight is 651 g/mol. The molecule has 2 saturated carbocycles. The quantitative estimate of drug-likeness (QED) is 0.287. The number of aliphatic hydroxyl groups is 2. The molecule has 250 valence electrons. The van der Waals surface area contributed by atoms with Gasteiger partial charge in [-0.3, -0.25) is 9.80 Å². The Hall–Kier alpha value is -3.70. The van der Waals surface area contributed by atoms with Crippen molar-refractivity contribution in [1.29, 1.82) is 0 Å². The van der Waals surface area contributed by atoms with E-state index in [4.69, 9.17) is 19.7 Å². The lowest BCUT2D eigenvalue weighted by Crippen LogP contribution is -2.76. The molecule has 0 radical (unpaired) electrons. The van der Waals surface area contributed by atoms with Gasteiger partial charge in [-0.05, 0) is 74.6 Å². The van der Waals surface area contributed by atoms with E-state index in [0.717, 1.165) is 46.8 Å². The summed E-state index contributed by atoms with van der Waals surface area (Å²) in [5.74, 6) is 1.11. The van der Waals surface area contributed by atoms with Gasteiger partial charge < -0.3 is 29.9 Å². The normalized spacial score (nSPS) is 41.4. The molecule has 4 fully saturated rings. The van der Waals surface area contributed by atoms with Gasteiger partial charge in [0.1, 0.15) is 0 Å². The summed E-state index contributed by atoms with van der Waals surface area (Å²) in [4.78, 5) is 4.68. The third-order valence-electron chi connectivity index (χ3n) is 13.8. The van der Waals surface area contributed by atoms with E-state index < -0.39 is 34.2 Å². The van der Waals surface area contributed by atoms with Gasteiger partial charge in [0.2, 0.25) is 0 Å². The number of ether oxygens (including phenoxy) is 2. The van der Waals surface area contributed by atoms with Gasteiger partial charge in [-0.2, -0.15) is 10.2 Å². The second-order valence-corrected chi connectivity index (χ2v) is 15.4. The summed E-state index contributed by atoms with van der Waals surface area (Å²) in [6.07, 6.45) is 7.42. The molecule has 4 aliphatic carbocycles. The smallest absolute Gasteiger partial charge is 0.166 e. The van der Waals surface area contributed by atoms with E-state index in [-0.39, 0.29) is 23.6 Å². The summed E-state index contributed by atoms with van der Waals surface area (Å²) >= 11 is 0. The molecule has 2 saturated heterocycles. The first-order valence-corrected chi connectivity index (χ1v) is 17.5. The van der Waals surface area contributed by atoms with Gasteiger partial charge in [0.25, 0.3) is 0 Å². The largest absolute Gasteiger partial charge is 0.504 e. The number of phenols is 2. The van der Waals surface area contributed by atoms with Crippen LogP contribution in [0.2, 0.25) is 0 Å². The molecule has 4 bridgehead atoms. The van der Waals surface area contributed by atoms with Crippen molar-refractivity contribution in [2.24, 2.45) is 10.2 Å². The molecular formula is C38H42N4O6. The molecule has 4 aliphatic heterocycles. The predicted octanol–water partition coefficient (Wildman–Crippen LogP) is 3.28. The van der Waals surface area contributed by atoms with Crippen molar-refractivity contribution < 1.29 is 29.9 Å². The van der Waals surface area contributed by atoms with Crippen LogP contribution in [0, 0.1) is 0 Å². The lowest BCUT2D eigenvalue weighted by Gasteiger charge is -2.63. The van der Waals surface area contributed by atoms with Gasteiger partial charge in [0, 0.05) is 49.4 Å². The van der Waals surface area contributed by atoms with Gasteiger partial charge >= 0.3 is 0 Å². The molecule has 0 aromatic heterocycles. The molecule has 10 nitrogen and oxygen atoms in total. The summed E-state index contributed by atoms with van der Waals surface area (Å²) in [5, 5.41) is 57.4. The molecule has 2 unspecified atom stereocenters. The minimum absolute atomic E-state index is 0.0885. The van der Waals surface area contributed by atoms with E-state index >= 15 is 0 Å². The van der Waals surface area contributed by atoms with E-state index in [1.165, 1.54) is 0 Å². The van der Waals surface area contributed by atoms with Crippen molar-refractivity contribution in [3.8, 4) is 23.0 Å². The molecule has 48 heavy (non-hydrogen) atoms. The Labute approximate surface area is 279 Å². The number of benzene rings is 2. The van der Waals surface area contributed by atoms with Gasteiger partial charge in [-0.25, -0.2) is 0 Å². The van der Waals surface area contributed by atoms with Crippen LogP contribution in [0.5, 0.6) is 23.0 Å². The Morgan fingerprint density at radius 2 is 1.15 bits per heavy atom. The standard InChI is InChI=1S/C38H42N4O6/c1-3-15-41-17-13-35-29-21-5-7-25(43)31(29)47-33(35)23(9-11-37(35,45)27(41)19-21)39-40-24-10-12-38(46)28-20-22-6-8-26(44)32-30(22)36(38,34(24)48-32)14-18-42(28)16-4-2/h3-8,27-28,33-34,43-46H,1-2,9-20H2/b39-23+,40-24+/t27-,28-,33?,34?,35+,36+,37-,38-/m1/s1. The molecule has 2 aromatic rings. The second kappa shape index (κ2) is 9.50. The Bertz CT molecular complexity index is 1740. The fourth-order valence-corrected chi connectivity index (χ4v) is 12.0. The molecule has 2 aromatic carbocycles. The average Bonchev–Trinajstić information content (AvgIpc) is 3.61. The van der Waals surface area contributed by atoms with E-state index in [1.807, 2.05) is 24.3 Å². The predicted molar refractivity (Wildman–Crippen MR) is 179 cm³/mol. The Kier molecular flexibility index (Phi) is 5.79. The lowest BCUT2D eigenvalue weighted by atomic mass is 9.48. The summed E-state index contributed by atoms with van der Waals surface area (Å²) in [7, 11) is 0. The van der Waals surface area contributed by atoms with Crippen LogP contribution in [0.1, 0.15) is 60.8 Å². The molecular weight excluding hydrogens is 608 g/mol. The van der Waals surface area contributed by atoms with Crippen LogP contribution in [0.25, 0.3) is 0 Å². The van der Waals surface area contributed by atoms with Gasteiger partial charge in [-0.1, -0.05) is 24.3 Å². The van der Waals surface area contributed by atoms with Crippen LogP contribution < -0.4 is 9.47 Å².